The number of barbiturate groups is 1. The molecule has 0 atom stereocenters. The second kappa shape index (κ2) is 8.98. The molecule has 32 heavy (non-hydrogen) atoms. The minimum Gasteiger partial charge on any atom is -0.277 e. The topological polar surface area (TPSA) is 83.6 Å². The number of nitrogens with zero attached hydrogens (tertiary/aromatic N) is 1. The number of hydrogen-bond donors (Lipinski definition) is 1. The van der Waals surface area contributed by atoms with Gasteiger partial charge in [-0.3, -0.25) is 19.7 Å². The number of hydrogen-bond acceptors (Lipinski definition) is 4. The standard InChI is InChI=1S/C26H22N2O4/c29-22-16-23(30)28(25(32)27-22)24(31)26(21-14-8-3-9-15-21,17-19-10-4-1-5-11-19)18-20-12-6-2-7-13-20/h1-15H,16-18H2,(H,27,29,32). The van der Waals surface area contributed by atoms with E-state index in [4.69, 9.17) is 0 Å². The molecule has 3 aromatic rings. The Morgan fingerprint density at radius 3 is 1.69 bits per heavy atom. The number of carbonyl (C=O) groups is 4. The van der Waals surface area contributed by atoms with Crippen molar-refractivity contribution in [1.29, 1.82) is 0 Å². The third-order valence-electron chi connectivity index (χ3n) is 5.65. The highest BCUT2D eigenvalue weighted by molar-refractivity contribution is 6.23. The average molecular weight is 426 g/mol. The zero-order valence-corrected chi connectivity index (χ0v) is 17.4. The molecule has 0 bridgehead atoms. The van der Waals surface area contributed by atoms with Crippen LogP contribution in [0.1, 0.15) is 23.1 Å². The molecule has 0 aliphatic carbocycles. The Balaban J connectivity index is 1.88. The van der Waals surface area contributed by atoms with Gasteiger partial charge in [0.2, 0.25) is 17.7 Å². The zero-order chi connectivity index (χ0) is 22.6. The molecule has 3 aromatic carbocycles. The van der Waals surface area contributed by atoms with E-state index < -0.39 is 35.6 Å². The lowest BCUT2D eigenvalue weighted by molar-refractivity contribution is -0.147. The summed E-state index contributed by atoms with van der Waals surface area (Å²) in [6.45, 7) is 0. The Hall–Kier alpha value is -4.06. The Labute approximate surface area is 185 Å². The molecule has 160 valence electrons. The Bertz CT molecular complexity index is 1080. The highest BCUT2D eigenvalue weighted by Gasteiger charge is 2.48. The number of nitrogens with one attached hydrogen (secondary N) is 1. The molecule has 6 nitrogen and oxygen atoms in total. The minimum absolute atomic E-state index is 0.274. The summed E-state index contributed by atoms with van der Waals surface area (Å²) in [5.74, 6) is -2.17. The molecular weight excluding hydrogens is 404 g/mol. The molecule has 0 unspecified atom stereocenters. The van der Waals surface area contributed by atoms with Gasteiger partial charge in [-0.25, -0.2) is 4.79 Å². The quantitative estimate of drug-likeness (QED) is 0.613. The summed E-state index contributed by atoms with van der Waals surface area (Å²) in [6, 6.07) is 27.1. The lowest BCUT2D eigenvalue weighted by atomic mass is 9.70. The molecule has 6 heteroatoms. The third-order valence-corrected chi connectivity index (χ3v) is 5.65. The number of imide groups is 4. The van der Waals surface area contributed by atoms with Crippen molar-refractivity contribution in [3.8, 4) is 0 Å². The van der Waals surface area contributed by atoms with E-state index in [9.17, 15) is 19.2 Å². The summed E-state index contributed by atoms with van der Waals surface area (Å²) in [5.41, 5.74) is 1.23. The van der Waals surface area contributed by atoms with Crippen molar-refractivity contribution in [2.24, 2.45) is 0 Å². The zero-order valence-electron chi connectivity index (χ0n) is 17.4. The van der Waals surface area contributed by atoms with Crippen LogP contribution in [-0.2, 0) is 32.6 Å². The maximum atomic E-state index is 14.1. The van der Waals surface area contributed by atoms with Crippen LogP contribution in [0.5, 0.6) is 0 Å². The molecule has 0 aromatic heterocycles. The first kappa shape index (κ1) is 21.2. The SMILES string of the molecule is O=C1CC(=O)N(C(=O)C(Cc2ccccc2)(Cc2ccccc2)c2ccccc2)C(=O)N1. The van der Waals surface area contributed by atoms with E-state index in [0.29, 0.717) is 10.5 Å². The van der Waals surface area contributed by atoms with Gasteiger partial charge in [0.15, 0.2) is 0 Å². The molecule has 5 amide bonds. The van der Waals surface area contributed by atoms with E-state index in [2.05, 4.69) is 5.32 Å². The van der Waals surface area contributed by atoms with Gasteiger partial charge >= 0.3 is 6.03 Å². The maximum absolute atomic E-state index is 14.1. The number of rotatable bonds is 6. The van der Waals surface area contributed by atoms with Crippen molar-refractivity contribution in [1.82, 2.24) is 10.2 Å². The highest BCUT2D eigenvalue weighted by Crippen LogP contribution is 2.35. The molecule has 0 spiro atoms. The molecule has 1 heterocycles. The molecule has 1 saturated heterocycles. The van der Waals surface area contributed by atoms with Crippen molar-refractivity contribution >= 4 is 23.8 Å². The number of carbonyl (C=O) groups excluding carboxylic acids is 4. The molecule has 4 rings (SSSR count). The molecule has 1 aliphatic heterocycles. The van der Waals surface area contributed by atoms with Crippen LogP contribution >= 0.6 is 0 Å². The van der Waals surface area contributed by atoms with Crippen molar-refractivity contribution in [3.05, 3.63) is 108 Å². The lowest BCUT2D eigenvalue weighted by Crippen LogP contribution is -2.60. The maximum Gasteiger partial charge on any atom is 0.337 e. The Morgan fingerprint density at radius 2 is 1.22 bits per heavy atom. The predicted molar refractivity (Wildman–Crippen MR) is 118 cm³/mol. The third kappa shape index (κ3) is 4.21. The largest absolute Gasteiger partial charge is 0.337 e. The van der Waals surface area contributed by atoms with Crippen LogP contribution in [0.25, 0.3) is 0 Å². The second-order valence-electron chi connectivity index (χ2n) is 7.84. The van der Waals surface area contributed by atoms with E-state index >= 15 is 0 Å². The van der Waals surface area contributed by atoms with Gasteiger partial charge in [-0.2, -0.15) is 4.90 Å². The molecular formula is C26H22N2O4. The van der Waals surface area contributed by atoms with Crippen LogP contribution in [-0.4, -0.2) is 28.7 Å². The highest BCUT2D eigenvalue weighted by atomic mass is 16.2. The summed E-state index contributed by atoms with van der Waals surface area (Å²) in [5, 5.41) is 2.10. The summed E-state index contributed by atoms with van der Waals surface area (Å²) < 4.78 is 0. The van der Waals surface area contributed by atoms with Crippen molar-refractivity contribution < 1.29 is 19.2 Å². The van der Waals surface area contributed by atoms with E-state index in [1.54, 1.807) is 0 Å². The summed E-state index contributed by atoms with van der Waals surface area (Å²) >= 11 is 0. The van der Waals surface area contributed by atoms with Crippen LogP contribution in [0.4, 0.5) is 4.79 Å². The first-order valence-electron chi connectivity index (χ1n) is 10.3. The first-order valence-corrected chi connectivity index (χ1v) is 10.3. The van der Waals surface area contributed by atoms with Crippen molar-refractivity contribution in [2.45, 2.75) is 24.7 Å². The summed E-state index contributed by atoms with van der Waals surface area (Å²) in [7, 11) is 0. The predicted octanol–water partition coefficient (Wildman–Crippen LogP) is 3.40. The monoisotopic (exact) mass is 426 g/mol. The fourth-order valence-corrected chi connectivity index (χ4v) is 4.16. The van der Waals surface area contributed by atoms with Crippen LogP contribution in [0, 0.1) is 0 Å². The van der Waals surface area contributed by atoms with Gasteiger partial charge in [0, 0.05) is 0 Å². The fourth-order valence-electron chi connectivity index (χ4n) is 4.16. The molecule has 0 saturated carbocycles. The Morgan fingerprint density at radius 1 is 0.750 bits per heavy atom. The summed E-state index contributed by atoms with van der Waals surface area (Å²) in [6.07, 6.45) is 0.00615. The van der Waals surface area contributed by atoms with Crippen LogP contribution in [0.15, 0.2) is 91.0 Å². The molecule has 0 radical (unpaired) electrons. The van der Waals surface area contributed by atoms with Crippen LogP contribution in [0.2, 0.25) is 0 Å². The van der Waals surface area contributed by atoms with Gasteiger partial charge in [-0.15, -0.1) is 0 Å². The number of amides is 5. The van der Waals surface area contributed by atoms with Gasteiger partial charge in [0.05, 0.1) is 5.41 Å². The second-order valence-corrected chi connectivity index (χ2v) is 7.84. The number of benzene rings is 3. The van der Waals surface area contributed by atoms with Crippen molar-refractivity contribution in [3.63, 3.8) is 0 Å². The smallest absolute Gasteiger partial charge is 0.277 e. The minimum atomic E-state index is -1.24. The van der Waals surface area contributed by atoms with Gasteiger partial charge in [0.25, 0.3) is 0 Å². The molecule has 1 aliphatic rings. The van der Waals surface area contributed by atoms with E-state index in [0.717, 1.165) is 11.1 Å². The summed E-state index contributed by atoms with van der Waals surface area (Å²) in [4.78, 5) is 51.6. The van der Waals surface area contributed by atoms with E-state index in [1.807, 2.05) is 91.0 Å². The first-order chi connectivity index (χ1) is 15.5. The van der Waals surface area contributed by atoms with E-state index in [-0.39, 0.29) is 12.8 Å². The van der Waals surface area contributed by atoms with Gasteiger partial charge in [-0.05, 0) is 29.5 Å². The van der Waals surface area contributed by atoms with E-state index in [1.165, 1.54) is 0 Å². The van der Waals surface area contributed by atoms with Gasteiger partial charge in [-0.1, -0.05) is 91.0 Å². The van der Waals surface area contributed by atoms with Gasteiger partial charge < -0.3 is 0 Å². The van der Waals surface area contributed by atoms with Crippen molar-refractivity contribution in [2.75, 3.05) is 0 Å². The van der Waals surface area contributed by atoms with Gasteiger partial charge in [0.1, 0.15) is 6.42 Å². The Kier molecular flexibility index (Phi) is 5.94. The molecule has 1 N–H and O–H groups in total. The lowest BCUT2D eigenvalue weighted by Gasteiger charge is -2.37. The average Bonchev–Trinajstić information content (AvgIpc) is 2.80. The van der Waals surface area contributed by atoms with Crippen LogP contribution < -0.4 is 5.32 Å². The number of urea groups is 1. The normalized spacial score (nSPS) is 14.2. The fraction of sp³-hybridized carbons (Fsp3) is 0.154. The molecule has 1 fully saturated rings. The van der Waals surface area contributed by atoms with Crippen LogP contribution in [0.3, 0.4) is 0 Å².